The highest BCUT2D eigenvalue weighted by Gasteiger charge is 2.27. The Morgan fingerprint density at radius 1 is 1.10 bits per heavy atom. The van der Waals surface area contributed by atoms with Gasteiger partial charge < -0.3 is 14.4 Å². The Labute approximate surface area is 178 Å². The number of likely N-dealkylation sites (N-methyl/N-ethyl adjacent to an activating group) is 1. The van der Waals surface area contributed by atoms with Crippen LogP contribution in [0, 0.1) is 13.8 Å². The number of hydrogen-bond acceptors (Lipinski definition) is 5. The Morgan fingerprint density at radius 3 is 2.43 bits per heavy atom. The lowest BCUT2D eigenvalue weighted by Crippen LogP contribution is -2.40. The molecule has 7 nitrogen and oxygen atoms in total. The van der Waals surface area contributed by atoms with Gasteiger partial charge in [0.1, 0.15) is 12.4 Å². The highest BCUT2D eigenvalue weighted by molar-refractivity contribution is 7.89. The SMILES string of the molecule is Cc1cc(C)cc(OCCN(C)C(=O)c2cccc(S(=O)(=O)N3CCOCC3)c2)c1. The van der Waals surface area contributed by atoms with Crippen molar-refractivity contribution < 1.29 is 22.7 Å². The van der Waals surface area contributed by atoms with Crippen molar-refractivity contribution in [3.63, 3.8) is 0 Å². The topological polar surface area (TPSA) is 76.2 Å². The average molecular weight is 433 g/mol. The fourth-order valence-electron chi connectivity index (χ4n) is 3.36. The summed E-state index contributed by atoms with van der Waals surface area (Å²) in [5.74, 6) is 0.519. The van der Waals surface area contributed by atoms with Gasteiger partial charge in [-0.15, -0.1) is 0 Å². The largest absolute Gasteiger partial charge is 0.492 e. The minimum Gasteiger partial charge on any atom is -0.492 e. The number of sulfonamides is 1. The molecular weight excluding hydrogens is 404 g/mol. The minimum atomic E-state index is -3.65. The molecule has 0 bridgehead atoms. The van der Waals surface area contributed by atoms with E-state index in [0.717, 1.165) is 16.9 Å². The Bertz CT molecular complexity index is 980. The van der Waals surface area contributed by atoms with Crippen molar-refractivity contribution in [1.29, 1.82) is 0 Å². The van der Waals surface area contributed by atoms with Crippen molar-refractivity contribution in [1.82, 2.24) is 9.21 Å². The monoisotopic (exact) mass is 432 g/mol. The molecule has 0 unspecified atom stereocenters. The molecule has 3 rings (SSSR count). The van der Waals surface area contributed by atoms with E-state index in [1.807, 2.05) is 26.0 Å². The summed E-state index contributed by atoms with van der Waals surface area (Å²) in [5, 5.41) is 0. The number of carbonyl (C=O) groups is 1. The first-order valence-corrected chi connectivity index (χ1v) is 11.4. The number of carbonyl (C=O) groups excluding carboxylic acids is 1. The molecule has 0 radical (unpaired) electrons. The Morgan fingerprint density at radius 2 is 1.77 bits per heavy atom. The molecule has 1 aliphatic heterocycles. The van der Waals surface area contributed by atoms with Crippen LogP contribution in [0.2, 0.25) is 0 Å². The van der Waals surface area contributed by atoms with Crippen LogP contribution < -0.4 is 4.74 Å². The molecule has 1 fully saturated rings. The van der Waals surface area contributed by atoms with Gasteiger partial charge in [0.2, 0.25) is 10.0 Å². The fraction of sp³-hybridized carbons (Fsp3) is 0.409. The molecule has 0 atom stereocenters. The standard InChI is InChI=1S/C22H28N2O5S/c1-17-13-18(2)15-20(14-17)29-12-7-23(3)22(25)19-5-4-6-21(16-19)30(26,27)24-8-10-28-11-9-24/h4-6,13-16H,7-12H2,1-3H3. The third-order valence-corrected chi connectivity index (χ3v) is 6.82. The molecule has 2 aromatic carbocycles. The van der Waals surface area contributed by atoms with E-state index in [4.69, 9.17) is 9.47 Å². The summed E-state index contributed by atoms with van der Waals surface area (Å²) < 4.78 is 38.1. The first-order chi connectivity index (χ1) is 14.3. The normalized spacial score (nSPS) is 15.0. The second-order valence-corrected chi connectivity index (χ2v) is 9.38. The minimum absolute atomic E-state index is 0.120. The van der Waals surface area contributed by atoms with Gasteiger partial charge in [0.05, 0.1) is 24.7 Å². The number of morpholine rings is 1. The van der Waals surface area contributed by atoms with Crippen molar-refractivity contribution in [3.05, 3.63) is 59.2 Å². The molecule has 1 saturated heterocycles. The van der Waals surface area contributed by atoms with E-state index in [1.54, 1.807) is 19.2 Å². The molecule has 30 heavy (non-hydrogen) atoms. The van der Waals surface area contributed by atoms with Gasteiger partial charge in [0.25, 0.3) is 5.91 Å². The summed E-state index contributed by atoms with van der Waals surface area (Å²) in [7, 11) is -1.97. The molecule has 0 aromatic heterocycles. The van der Waals surface area contributed by atoms with Crippen LogP contribution in [0.25, 0.3) is 0 Å². The van der Waals surface area contributed by atoms with Crippen molar-refractivity contribution in [2.75, 3.05) is 46.5 Å². The van der Waals surface area contributed by atoms with E-state index >= 15 is 0 Å². The van der Waals surface area contributed by atoms with Gasteiger partial charge in [0, 0.05) is 25.7 Å². The maximum Gasteiger partial charge on any atom is 0.253 e. The molecule has 1 amide bonds. The number of benzene rings is 2. The molecule has 0 spiro atoms. The molecule has 2 aromatic rings. The van der Waals surface area contributed by atoms with Crippen molar-refractivity contribution >= 4 is 15.9 Å². The van der Waals surface area contributed by atoms with Crippen LogP contribution in [0.3, 0.4) is 0 Å². The molecule has 8 heteroatoms. The second kappa shape index (κ2) is 9.59. The Hall–Kier alpha value is -2.42. The van der Waals surface area contributed by atoms with Crippen LogP contribution in [0.5, 0.6) is 5.75 Å². The van der Waals surface area contributed by atoms with Gasteiger partial charge in [-0.2, -0.15) is 4.31 Å². The molecule has 0 aliphatic carbocycles. The van der Waals surface area contributed by atoms with Gasteiger partial charge >= 0.3 is 0 Å². The van der Waals surface area contributed by atoms with Gasteiger partial charge in [-0.05, 0) is 55.3 Å². The van der Waals surface area contributed by atoms with E-state index in [9.17, 15) is 13.2 Å². The number of hydrogen-bond donors (Lipinski definition) is 0. The Kier molecular flexibility index (Phi) is 7.12. The number of rotatable bonds is 7. The maximum atomic E-state index is 12.8. The lowest BCUT2D eigenvalue weighted by Gasteiger charge is -2.26. The lowest BCUT2D eigenvalue weighted by atomic mass is 10.1. The first kappa shape index (κ1) is 22.3. The van der Waals surface area contributed by atoms with Crippen LogP contribution >= 0.6 is 0 Å². The van der Waals surface area contributed by atoms with Gasteiger partial charge in [-0.3, -0.25) is 4.79 Å². The molecule has 0 N–H and O–H groups in total. The maximum absolute atomic E-state index is 12.8. The van der Waals surface area contributed by atoms with Gasteiger partial charge in [0.15, 0.2) is 0 Å². The zero-order valence-corrected chi connectivity index (χ0v) is 18.4. The van der Waals surface area contributed by atoms with E-state index in [0.29, 0.717) is 45.0 Å². The zero-order chi connectivity index (χ0) is 21.7. The van der Waals surface area contributed by atoms with Gasteiger partial charge in [-0.25, -0.2) is 8.42 Å². The van der Waals surface area contributed by atoms with E-state index in [2.05, 4.69) is 6.07 Å². The molecule has 1 aliphatic rings. The average Bonchev–Trinajstić information content (AvgIpc) is 2.73. The third kappa shape index (κ3) is 5.38. The predicted octanol–water partition coefficient (Wildman–Crippen LogP) is 2.48. The number of amides is 1. The number of nitrogens with zero attached hydrogens (tertiary/aromatic N) is 2. The highest BCUT2D eigenvalue weighted by atomic mass is 32.2. The molecule has 1 heterocycles. The number of ether oxygens (including phenoxy) is 2. The van der Waals surface area contributed by atoms with Gasteiger partial charge in [-0.1, -0.05) is 12.1 Å². The van der Waals surface area contributed by atoms with Crippen LogP contribution in [0.15, 0.2) is 47.4 Å². The number of aryl methyl sites for hydroxylation is 2. The van der Waals surface area contributed by atoms with E-state index in [1.165, 1.54) is 21.3 Å². The summed E-state index contributed by atoms with van der Waals surface area (Å²) in [6, 6.07) is 12.2. The summed E-state index contributed by atoms with van der Waals surface area (Å²) in [4.78, 5) is 14.4. The summed E-state index contributed by atoms with van der Waals surface area (Å²) in [6.45, 7) is 6.12. The van der Waals surface area contributed by atoms with Crippen LogP contribution in [0.4, 0.5) is 0 Å². The van der Waals surface area contributed by atoms with E-state index < -0.39 is 10.0 Å². The van der Waals surface area contributed by atoms with Crippen LogP contribution in [-0.2, 0) is 14.8 Å². The first-order valence-electron chi connectivity index (χ1n) is 9.92. The fourth-order valence-corrected chi connectivity index (χ4v) is 4.82. The molecule has 162 valence electrons. The van der Waals surface area contributed by atoms with Crippen molar-refractivity contribution in [3.8, 4) is 5.75 Å². The van der Waals surface area contributed by atoms with Crippen molar-refractivity contribution in [2.24, 2.45) is 0 Å². The third-order valence-electron chi connectivity index (χ3n) is 4.93. The molecule has 0 saturated carbocycles. The second-order valence-electron chi connectivity index (χ2n) is 7.44. The molecular formula is C22H28N2O5S. The summed E-state index contributed by atoms with van der Waals surface area (Å²) >= 11 is 0. The predicted molar refractivity (Wildman–Crippen MR) is 114 cm³/mol. The summed E-state index contributed by atoms with van der Waals surface area (Å²) in [5.41, 5.74) is 2.57. The lowest BCUT2D eigenvalue weighted by molar-refractivity contribution is 0.0730. The Balaban J connectivity index is 1.63. The van der Waals surface area contributed by atoms with Crippen LogP contribution in [0.1, 0.15) is 21.5 Å². The van der Waals surface area contributed by atoms with Crippen LogP contribution in [-0.4, -0.2) is 70.0 Å². The highest BCUT2D eigenvalue weighted by Crippen LogP contribution is 2.19. The zero-order valence-electron chi connectivity index (χ0n) is 17.6. The van der Waals surface area contributed by atoms with Crippen molar-refractivity contribution in [2.45, 2.75) is 18.7 Å². The quantitative estimate of drug-likeness (QED) is 0.672. The summed E-state index contributed by atoms with van der Waals surface area (Å²) in [6.07, 6.45) is 0. The van der Waals surface area contributed by atoms with E-state index in [-0.39, 0.29) is 10.8 Å². The smallest absolute Gasteiger partial charge is 0.253 e.